The second-order valence-corrected chi connectivity index (χ2v) is 14.6. The molecule has 0 aliphatic rings. The average molecular weight is 825 g/mol. The third-order valence-electron chi connectivity index (χ3n) is 7.76. The van der Waals surface area contributed by atoms with Crippen molar-refractivity contribution in [3.63, 3.8) is 0 Å². The van der Waals surface area contributed by atoms with Gasteiger partial charge in [0, 0.05) is 24.9 Å². The molecule has 0 bridgehead atoms. The van der Waals surface area contributed by atoms with Crippen molar-refractivity contribution in [2.45, 2.75) is 70.7 Å². The molecule has 0 radical (unpaired) electrons. The Kier molecular flexibility index (Phi) is 22.3. The van der Waals surface area contributed by atoms with E-state index >= 15 is 0 Å². The summed E-state index contributed by atoms with van der Waals surface area (Å²) in [5.74, 6) is -7.70. The minimum atomic E-state index is -1.22. The predicted molar refractivity (Wildman–Crippen MR) is 209 cm³/mol. The Morgan fingerprint density at radius 1 is 0.625 bits per heavy atom. The summed E-state index contributed by atoms with van der Waals surface area (Å²) in [4.78, 5) is 124. The molecule has 0 saturated carbocycles. The first-order valence-corrected chi connectivity index (χ1v) is 19.7. The lowest BCUT2D eigenvalue weighted by Gasteiger charge is -2.26. The number of rotatable bonds is 26. The lowest BCUT2D eigenvalue weighted by Crippen LogP contribution is -2.57. The van der Waals surface area contributed by atoms with E-state index in [2.05, 4.69) is 37.2 Å². The summed E-state index contributed by atoms with van der Waals surface area (Å²) >= 11 is 2.01. The molecule has 56 heavy (non-hydrogen) atoms. The molecule has 0 fully saturated rings. The maximum Gasteiger partial charge on any atom is 0.244 e. The van der Waals surface area contributed by atoms with Crippen LogP contribution in [0.1, 0.15) is 39.7 Å². The Labute approximate surface area is 332 Å². The molecule has 0 aliphatic carbocycles. The van der Waals surface area contributed by atoms with E-state index in [0.717, 1.165) is 23.5 Å². The molecular weight excluding hydrogens is 773 g/mol. The fraction of sp³-hybridized carbons (Fsp3) is 0.529. The van der Waals surface area contributed by atoms with E-state index < -0.39 is 108 Å². The Balaban J connectivity index is 2.91. The van der Waals surface area contributed by atoms with E-state index in [1.807, 2.05) is 0 Å². The Bertz CT molecular complexity index is 1570. The van der Waals surface area contributed by atoms with Gasteiger partial charge >= 0.3 is 0 Å². The zero-order chi connectivity index (χ0) is 42.4. The van der Waals surface area contributed by atoms with Crippen molar-refractivity contribution in [3.8, 4) is 0 Å². The number of hydrogen-bond acceptors (Lipinski definition) is 12. The predicted octanol–water partition coefficient (Wildman–Crippen LogP) is -4.11. The van der Waals surface area contributed by atoms with Crippen LogP contribution in [0.4, 0.5) is 0 Å². The van der Waals surface area contributed by atoms with Crippen LogP contribution in [0.3, 0.4) is 0 Å². The Hall–Kier alpha value is -5.38. The van der Waals surface area contributed by atoms with Crippen LogP contribution in [0.15, 0.2) is 30.3 Å². The van der Waals surface area contributed by atoms with E-state index in [1.165, 1.54) is 13.8 Å². The summed E-state index contributed by atoms with van der Waals surface area (Å²) < 4.78 is 0. The van der Waals surface area contributed by atoms with Crippen LogP contribution >= 0.6 is 23.5 Å². The monoisotopic (exact) mass is 824 g/mol. The molecule has 20 nitrogen and oxygen atoms in total. The molecule has 0 heterocycles. The molecule has 22 heteroatoms. The van der Waals surface area contributed by atoms with Crippen LogP contribution in [-0.4, -0.2) is 125 Å². The highest BCUT2D eigenvalue weighted by molar-refractivity contribution is 8.00. The number of benzene rings is 1. The maximum absolute atomic E-state index is 13.3. The first-order chi connectivity index (χ1) is 26.3. The minimum absolute atomic E-state index is 0.00108. The molecule has 1 rings (SSSR count). The number of nitrogens with two attached hydrogens (primary N) is 3. The van der Waals surface area contributed by atoms with Crippen molar-refractivity contribution in [2.24, 2.45) is 23.1 Å². The van der Waals surface area contributed by atoms with Gasteiger partial charge in [-0.3, -0.25) is 47.9 Å². The first kappa shape index (κ1) is 48.6. The van der Waals surface area contributed by atoms with Gasteiger partial charge in [0.1, 0.15) is 30.2 Å². The number of carbonyl (C=O) groups excluding carboxylic acids is 10. The van der Waals surface area contributed by atoms with E-state index in [1.54, 1.807) is 44.2 Å². The van der Waals surface area contributed by atoms with Crippen molar-refractivity contribution in [3.05, 3.63) is 35.9 Å². The standard InChI is InChI=1S/C34H52N10O10S2/c1-5-18(2)29(44-33(53)24(41-20(4)45)15-56-17-26(36)47)34(54)39-13-28(49)42-22(11-21-9-7-6-8-10-21)32(52)38-12-27(48)40-19(3)31(51)43-23(30(37)50)14-55-16-25(35)46/h6-10,18-19,22-24,29H,5,11-17H2,1-4H3,(H2,35,46)(H2,36,47)(H2,37,50)(H,38,52)(H,39,54)(H,40,48)(H,41,45)(H,42,49)(H,43,51)(H,44,53)/t18-,19-,22-,23-,24-,29-/m0/s1. The molecular formula is C34H52N10O10S2. The number of carbonyl (C=O) groups is 10. The van der Waals surface area contributed by atoms with E-state index in [4.69, 9.17) is 17.2 Å². The van der Waals surface area contributed by atoms with Gasteiger partial charge in [0.25, 0.3) is 0 Å². The van der Waals surface area contributed by atoms with Gasteiger partial charge in [0.05, 0.1) is 24.6 Å². The van der Waals surface area contributed by atoms with Crippen molar-refractivity contribution in [2.75, 3.05) is 36.1 Å². The number of thioether (sulfide) groups is 2. The molecule has 0 aromatic heterocycles. The van der Waals surface area contributed by atoms with E-state index in [-0.39, 0.29) is 29.4 Å². The largest absolute Gasteiger partial charge is 0.369 e. The van der Waals surface area contributed by atoms with Crippen molar-refractivity contribution < 1.29 is 47.9 Å². The number of primary amides is 3. The van der Waals surface area contributed by atoms with Gasteiger partial charge < -0.3 is 54.4 Å². The van der Waals surface area contributed by atoms with Crippen LogP contribution in [0.2, 0.25) is 0 Å². The van der Waals surface area contributed by atoms with Gasteiger partial charge in [-0.25, -0.2) is 0 Å². The fourth-order valence-corrected chi connectivity index (χ4v) is 6.25. The summed E-state index contributed by atoms with van der Waals surface area (Å²) in [6.45, 7) is 4.84. The average Bonchev–Trinajstić information content (AvgIpc) is 3.13. The number of hydrogen-bond donors (Lipinski definition) is 10. The van der Waals surface area contributed by atoms with Gasteiger partial charge in [-0.1, -0.05) is 50.6 Å². The third-order valence-corrected chi connectivity index (χ3v) is 9.87. The van der Waals surface area contributed by atoms with Gasteiger partial charge in [0.15, 0.2) is 0 Å². The lowest BCUT2D eigenvalue weighted by atomic mass is 9.98. The molecule has 10 amide bonds. The van der Waals surface area contributed by atoms with E-state index in [9.17, 15) is 47.9 Å². The summed E-state index contributed by atoms with van der Waals surface area (Å²) in [6, 6.07) is 2.90. The van der Waals surface area contributed by atoms with Crippen LogP contribution in [0.25, 0.3) is 0 Å². The zero-order valence-electron chi connectivity index (χ0n) is 31.6. The van der Waals surface area contributed by atoms with E-state index in [0.29, 0.717) is 12.0 Å². The van der Waals surface area contributed by atoms with Gasteiger partial charge in [-0.2, -0.15) is 0 Å². The first-order valence-electron chi connectivity index (χ1n) is 17.4. The molecule has 1 aromatic rings. The normalized spacial score (nSPS) is 13.9. The van der Waals surface area contributed by atoms with Crippen molar-refractivity contribution in [1.29, 1.82) is 0 Å². The topological polar surface area (TPSA) is 333 Å². The second-order valence-electron chi connectivity index (χ2n) is 12.6. The highest BCUT2D eigenvalue weighted by atomic mass is 32.2. The maximum atomic E-state index is 13.3. The summed E-state index contributed by atoms with van der Waals surface area (Å²) in [5.41, 5.74) is 16.2. The highest BCUT2D eigenvalue weighted by Crippen LogP contribution is 2.10. The zero-order valence-corrected chi connectivity index (χ0v) is 33.3. The summed E-state index contributed by atoms with van der Waals surface area (Å²) in [7, 11) is 0. The molecule has 0 saturated heterocycles. The van der Waals surface area contributed by atoms with Crippen LogP contribution in [0.5, 0.6) is 0 Å². The fourth-order valence-electron chi connectivity index (χ4n) is 4.66. The molecule has 13 N–H and O–H groups in total. The van der Waals surface area contributed by atoms with Crippen LogP contribution in [0, 0.1) is 5.92 Å². The van der Waals surface area contributed by atoms with Gasteiger partial charge in [-0.15, -0.1) is 23.5 Å². The molecule has 0 unspecified atom stereocenters. The minimum Gasteiger partial charge on any atom is -0.369 e. The van der Waals surface area contributed by atoms with Gasteiger partial charge in [0.2, 0.25) is 59.1 Å². The second kappa shape index (κ2) is 25.7. The quantitative estimate of drug-likeness (QED) is 0.0426. The Morgan fingerprint density at radius 2 is 1.16 bits per heavy atom. The SMILES string of the molecule is CC[C@H](C)[C@H](NC(=O)[C@H](CSCC(N)=O)NC(C)=O)C(=O)NCC(=O)N[C@@H](Cc1ccccc1)C(=O)NCC(=O)N[C@@H](C)C(=O)N[C@@H](CSCC(N)=O)C(N)=O. The summed E-state index contributed by atoms with van der Waals surface area (Å²) in [5, 5.41) is 17.3. The molecule has 310 valence electrons. The number of nitrogens with one attached hydrogen (secondary N) is 7. The van der Waals surface area contributed by atoms with Crippen molar-refractivity contribution in [1.82, 2.24) is 37.2 Å². The lowest BCUT2D eigenvalue weighted by molar-refractivity contribution is -0.133. The summed E-state index contributed by atoms with van der Waals surface area (Å²) in [6.07, 6.45) is 0.451. The van der Waals surface area contributed by atoms with Crippen molar-refractivity contribution >= 4 is 82.6 Å². The molecule has 0 aliphatic heterocycles. The third kappa shape index (κ3) is 19.8. The highest BCUT2D eigenvalue weighted by Gasteiger charge is 2.31. The molecule has 0 spiro atoms. The molecule has 1 aromatic carbocycles. The molecule has 6 atom stereocenters. The number of amides is 10. The van der Waals surface area contributed by atoms with Gasteiger partial charge in [-0.05, 0) is 18.4 Å². The van der Waals surface area contributed by atoms with Crippen LogP contribution < -0.4 is 54.4 Å². The smallest absolute Gasteiger partial charge is 0.244 e. The van der Waals surface area contributed by atoms with Crippen LogP contribution in [-0.2, 0) is 54.4 Å². The Morgan fingerprint density at radius 3 is 1.68 bits per heavy atom.